The molecule has 11 heavy (non-hydrogen) atoms. The van der Waals surface area contributed by atoms with Crippen molar-refractivity contribution < 1.29 is 4.74 Å². The van der Waals surface area contributed by atoms with Gasteiger partial charge in [0.1, 0.15) is 0 Å². The van der Waals surface area contributed by atoms with Crippen LogP contribution in [0.2, 0.25) is 0 Å². The van der Waals surface area contributed by atoms with Crippen molar-refractivity contribution in [2.24, 2.45) is 5.92 Å². The molecule has 2 atom stereocenters. The van der Waals surface area contributed by atoms with Crippen LogP contribution >= 0.6 is 8.86 Å². The summed E-state index contributed by atoms with van der Waals surface area (Å²) in [5.74, 6) is 0.668. The van der Waals surface area contributed by atoms with E-state index in [4.69, 9.17) is 4.74 Å². The van der Waals surface area contributed by atoms with Crippen molar-refractivity contribution >= 4 is 14.3 Å². The van der Waals surface area contributed by atoms with Gasteiger partial charge >= 0.3 is 0 Å². The van der Waals surface area contributed by atoms with Gasteiger partial charge < -0.3 is 4.74 Å². The van der Waals surface area contributed by atoms with Crippen molar-refractivity contribution in [2.45, 2.75) is 45.6 Å². The minimum atomic E-state index is 0.421. The first-order valence-electron chi connectivity index (χ1n) is 4.49. The van der Waals surface area contributed by atoms with Crippen molar-refractivity contribution in [3.63, 3.8) is 0 Å². The summed E-state index contributed by atoms with van der Waals surface area (Å²) >= 11 is 0. The quantitative estimate of drug-likeness (QED) is 0.595. The molecule has 0 aromatic carbocycles. The lowest BCUT2D eigenvalue weighted by Gasteiger charge is -2.05. The number of hydrogen-bond donors (Lipinski definition) is 0. The smallest absolute Gasteiger partial charge is 0.0749 e. The summed E-state index contributed by atoms with van der Waals surface area (Å²) in [6.07, 6.45) is 5.49. The molecule has 0 aromatic heterocycles. The van der Waals surface area contributed by atoms with Crippen LogP contribution in [0.4, 0.5) is 0 Å². The third kappa shape index (κ3) is 2.57. The maximum absolute atomic E-state index is 5.50. The van der Waals surface area contributed by atoms with Crippen LogP contribution in [0.5, 0.6) is 0 Å². The molecule has 1 heterocycles. The van der Waals surface area contributed by atoms with Gasteiger partial charge in [-0.15, -0.1) is 0 Å². The molecule has 1 fully saturated rings. The molecular weight excluding hydrogens is 155 g/mol. The predicted octanol–water partition coefficient (Wildman–Crippen LogP) is 2.87. The molecule has 0 aliphatic carbocycles. The molecular formula is C9H17OP. The molecule has 0 aromatic rings. The number of unbranched alkanes of at least 4 members (excludes halogenated alkanes) is 1. The maximum Gasteiger partial charge on any atom is 0.0749 e. The summed E-state index contributed by atoms with van der Waals surface area (Å²) in [4.78, 5) is 0. The van der Waals surface area contributed by atoms with Gasteiger partial charge in [0.05, 0.1) is 11.6 Å². The Labute approximate surface area is 71.4 Å². The van der Waals surface area contributed by atoms with E-state index in [9.17, 15) is 0 Å². The van der Waals surface area contributed by atoms with Crippen LogP contribution in [0.25, 0.3) is 0 Å². The first-order chi connectivity index (χ1) is 5.24. The Hall–Kier alpha value is 0.130. The highest BCUT2D eigenvalue weighted by atomic mass is 31.0. The molecule has 1 nitrogen and oxygen atoms in total. The van der Waals surface area contributed by atoms with Crippen molar-refractivity contribution in [3.05, 3.63) is 0 Å². The molecule has 0 saturated carbocycles. The summed E-state index contributed by atoms with van der Waals surface area (Å²) in [6.45, 7) is 4.36. The Balaban J connectivity index is 2.29. The van der Waals surface area contributed by atoms with E-state index in [-0.39, 0.29) is 0 Å². The van der Waals surface area contributed by atoms with Crippen molar-refractivity contribution in [1.29, 1.82) is 0 Å². The lowest BCUT2D eigenvalue weighted by atomic mass is 9.99. The summed E-state index contributed by atoms with van der Waals surface area (Å²) in [5.41, 5.74) is 1.07. The number of ether oxygens (including phenoxy) is 1. The van der Waals surface area contributed by atoms with E-state index in [1.807, 2.05) is 0 Å². The summed E-state index contributed by atoms with van der Waals surface area (Å²) in [7, 11) is 3.52. The van der Waals surface area contributed by atoms with Gasteiger partial charge in [-0.25, -0.2) is 0 Å². The van der Waals surface area contributed by atoms with Gasteiger partial charge in [-0.05, 0) is 19.8 Å². The lowest BCUT2D eigenvalue weighted by Crippen LogP contribution is -2.03. The van der Waals surface area contributed by atoms with Gasteiger partial charge in [0.25, 0.3) is 0 Å². The van der Waals surface area contributed by atoms with Crippen LogP contribution in [-0.2, 0) is 4.74 Å². The number of rotatable bonds is 3. The standard InChI is InChI=1S/C9H17OP/c1-3-4-5-8-6-7(2)10-9(8)11/h7-8,11H,3-6H2,1-2H3. The monoisotopic (exact) mass is 172 g/mol. The molecule has 2 heteroatoms. The van der Waals surface area contributed by atoms with Crippen molar-refractivity contribution in [3.8, 4) is 0 Å². The van der Waals surface area contributed by atoms with E-state index in [1.54, 1.807) is 0 Å². The summed E-state index contributed by atoms with van der Waals surface area (Å²) in [6, 6.07) is 0. The van der Waals surface area contributed by atoms with Crippen LogP contribution in [0.15, 0.2) is 0 Å². The second-order valence-electron chi connectivity index (χ2n) is 3.37. The first-order valence-corrected chi connectivity index (χ1v) is 4.99. The molecule has 2 unspecified atom stereocenters. The number of hydrogen-bond acceptors (Lipinski definition) is 1. The fourth-order valence-corrected chi connectivity index (χ4v) is 2.03. The molecule has 1 aliphatic rings. The van der Waals surface area contributed by atoms with Gasteiger partial charge in [-0.2, -0.15) is 0 Å². The van der Waals surface area contributed by atoms with E-state index in [0.717, 1.165) is 5.48 Å². The Morgan fingerprint density at radius 1 is 1.64 bits per heavy atom. The van der Waals surface area contributed by atoms with Crippen LogP contribution in [0, 0.1) is 5.92 Å². The summed E-state index contributed by atoms with van der Waals surface area (Å²) in [5, 5.41) is 0. The minimum absolute atomic E-state index is 0.421. The molecule has 0 N–H and O–H groups in total. The highest BCUT2D eigenvalue weighted by Gasteiger charge is 2.25. The molecule has 0 bridgehead atoms. The van der Waals surface area contributed by atoms with Gasteiger partial charge in [-0.3, -0.25) is 0 Å². The van der Waals surface area contributed by atoms with Gasteiger partial charge in [0.15, 0.2) is 0 Å². The Morgan fingerprint density at radius 2 is 2.36 bits per heavy atom. The Morgan fingerprint density at radius 3 is 2.82 bits per heavy atom. The second-order valence-corrected chi connectivity index (χ2v) is 3.86. The van der Waals surface area contributed by atoms with Crippen molar-refractivity contribution in [1.82, 2.24) is 0 Å². The second kappa shape index (κ2) is 4.23. The fourth-order valence-electron chi connectivity index (χ4n) is 1.57. The zero-order valence-electron chi connectivity index (χ0n) is 7.39. The Bertz CT molecular complexity index is 144. The summed E-state index contributed by atoms with van der Waals surface area (Å²) < 4.78 is 5.50. The minimum Gasteiger partial charge on any atom is -0.343 e. The highest BCUT2D eigenvalue weighted by molar-refractivity contribution is 7.20. The molecule has 0 spiro atoms. The molecule has 0 amide bonds. The van der Waals surface area contributed by atoms with Gasteiger partial charge in [0.2, 0.25) is 0 Å². The van der Waals surface area contributed by atoms with E-state index in [2.05, 4.69) is 22.7 Å². The average molecular weight is 172 g/mol. The normalized spacial score (nSPS) is 31.3. The van der Waals surface area contributed by atoms with Crippen LogP contribution < -0.4 is 0 Å². The van der Waals surface area contributed by atoms with Gasteiger partial charge in [0, 0.05) is 5.92 Å². The average Bonchev–Trinajstić information content (AvgIpc) is 2.26. The third-order valence-corrected chi connectivity index (χ3v) is 2.75. The topological polar surface area (TPSA) is 9.23 Å². The Kier molecular flexibility index (Phi) is 3.54. The first kappa shape index (κ1) is 9.22. The molecule has 1 aliphatic heterocycles. The molecule has 1 saturated heterocycles. The van der Waals surface area contributed by atoms with Crippen LogP contribution in [0.3, 0.4) is 0 Å². The van der Waals surface area contributed by atoms with E-state index in [1.165, 1.54) is 25.7 Å². The van der Waals surface area contributed by atoms with E-state index >= 15 is 0 Å². The zero-order valence-corrected chi connectivity index (χ0v) is 8.39. The van der Waals surface area contributed by atoms with E-state index in [0.29, 0.717) is 12.0 Å². The largest absolute Gasteiger partial charge is 0.343 e. The third-order valence-electron chi connectivity index (χ3n) is 2.22. The predicted molar refractivity (Wildman–Crippen MR) is 51.5 cm³/mol. The van der Waals surface area contributed by atoms with Crippen LogP contribution in [0.1, 0.15) is 39.5 Å². The van der Waals surface area contributed by atoms with Crippen LogP contribution in [-0.4, -0.2) is 11.6 Å². The van der Waals surface area contributed by atoms with Gasteiger partial charge in [-0.1, -0.05) is 28.6 Å². The zero-order chi connectivity index (χ0) is 8.27. The SMILES string of the molecule is CCCCC1CC(C)OC1=P. The lowest BCUT2D eigenvalue weighted by molar-refractivity contribution is 0.244. The van der Waals surface area contributed by atoms with E-state index < -0.39 is 0 Å². The fraction of sp³-hybridized carbons (Fsp3) is 0.889. The molecule has 1 rings (SSSR count). The maximum atomic E-state index is 5.50. The molecule has 64 valence electrons. The molecule has 0 radical (unpaired) electrons. The highest BCUT2D eigenvalue weighted by Crippen LogP contribution is 2.26. The van der Waals surface area contributed by atoms with Crippen molar-refractivity contribution in [2.75, 3.05) is 0 Å².